The molecule has 0 radical (unpaired) electrons. The van der Waals surface area contributed by atoms with E-state index in [4.69, 9.17) is 10.5 Å². The van der Waals surface area contributed by atoms with E-state index in [0.29, 0.717) is 24.9 Å². The first-order valence-corrected chi connectivity index (χ1v) is 12.9. The van der Waals surface area contributed by atoms with Crippen molar-refractivity contribution in [2.24, 2.45) is 5.73 Å². The standard InChI is InChI=1S/C28H33FN6O6/c1-28(2,3)41-27(40)32-13-5-4-8-19(24(30)37)34-26(39)21-18-7-6-14-31-20(18)23(36)22(35-21)25(38)33-15-16-9-11-17(29)12-10-16/h6-7,9-12,14,19,36H,4-5,8,13,15H2,1-3H3,(H2,30,37)(H,32,40)(H,33,38)(H,34,39)/t19-/m0/s1. The van der Waals surface area contributed by atoms with E-state index in [0.717, 1.165) is 0 Å². The maximum atomic E-state index is 13.3. The number of hydrogen-bond donors (Lipinski definition) is 5. The molecule has 12 nitrogen and oxygen atoms in total. The van der Waals surface area contributed by atoms with E-state index < -0.39 is 52.7 Å². The number of aromatic nitrogens is 2. The lowest BCUT2D eigenvalue weighted by molar-refractivity contribution is -0.120. The Morgan fingerprint density at radius 2 is 1.73 bits per heavy atom. The van der Waals surface area contributed by atoms with Crippen molar-refractivity contribution in [3.63, 3.8) is 0 Å². The highest BCUT2D eigenvalue weighted by Gasteiger charge is 2.26. The molecule has 0 unspecified atom stereocenters. The van der Waals surface area contributed by atoms with E-state index in [2.05, 4.69) is 25.9 Å². The molecule has 2 heterocycles. The lowest BCUT2D eigenvalue weighted by Gasteiger charge is -2.20. The minimum Gasteiger partial charge on any atom is -0.504 e. The van der Waals surface area contributed by atoms with Crippen LogP contribution in [-0.2, 0) is 16.1 Å². The van der Waals surface area contributed by atoms with Gasteiger partial charge >= 0.3 is 6.09 Å². The van der Waals surface area contributed by atoms with Crippen LogP contribution in [0.3, 0.4) is 0 Å². The van der Waals surface area contributed by atoms with Crippen molar-refractivity contribution >= 4 is 34.7 Å². The summed E-state index contributed by atoms with van der Waals surface area (Å²) in [4.78, 5) is 58.2. The Bertz CT molecular complexity index is 1420. The van der Waals surface area contributed by atoms with Crippen LogP contribution in [0.4, 0.5) is 9.18 Å². The SMILES string of the molecule is CC(C)(C)OC(=O)NCCCC[C@H](NC(=O)c1nc(C(=O)NCc2ccc(F)cc2)c(O)c2ncccc12)C(N)=O. The molecule has 0 aliphatic carbocycles. The Kier molecular flexibility index (Phi) is 10.1. The largest absolute Gasteiger partial charge is 0.504 e. The van der Waals surface area contributed by atoms with Gasteiger partial charge in [0.2, 0.25) is 5.91 Å². The van der Waals surface area contributed by atoms with Crippen LogP contribution in [0.15, 0.2) is 42.6 Å². The fourth-order valence-corrected chi connectivity index (χ4v) is 3.81. The summed E-state index contributed by atoms with van der Waals surface area (Å²) >= 11 is 0. The highest BCUT2D eigenvalue weighted by Crippen LogP contribution is 2.28. The number of unbranched alkanes of at least 4 members (excludes halogenated alkanes) is 1. The topological polar surface area (TPSA) is 186 Å². The molecule has 0 aliphatic heterocycles. The molecule has 4 amide bonds. The van der Waals surface area contributed by atoms with E-state index >= 15 is 0 Å². The zero-order valence-electron chi connectivity index (χ0n) is 23.0. The van der Waals surface area contributed by atoms with E-state index in [1.807, 2.05) is 0 Å². The molecule has 1 aromatic carbocycles. The van der Waals surface area contributed by atoms with E-state index in [9.17, 15) is 28.7 Å². The Morgan fingerprint density at radius 3 is 2.39 bits per heavy atom. The molecule has 1 atom stereocenters. The number of carbonyl (C=O) groups excluding carboxylic acids is 4. The van der Waals surface area contributed by atoms with Gasteiger partial charge in [-0.05, 0) is 69.9 Å². The van der Waals surface area contributed by atoms with Crippen molar-refractivity contribution in [3.8, 4) is 5.75 Å². The molecular formula is C28H33FN6O6. The second-order valence-corrected chi connectivity index (χ2v) is 10.2. The maximum absolute atomic E-state index is 13.3. The number of rotatable bonds is 11. The fourth-order valence-electron chi connectivity index (χ4n) is 3.81. The summed E-state index contributed by atoms with van der Waals surface area (Å²) in [7, 11) is 0. The van der Waals surface area contributed by atoms with Crippen molar-refractivity contribution in [3.05, 3.63) is 65.4 Å². The Hall–Kier alpha value is -4.81. The predicted octanol–water partition coefficient (Wildman–Crippen LogP) is 2.68. The normalized spacial score (nSPS) is 11.9. The van der Waals surface area contributed by atoms with Gasteiger partial charge in [0.05, 0.1) is 0 Å². The number of nitrogens with two attached hydrogens (primary N) is 1. The van der Waals surface area contributed by atoms with Crippen LogP contribution >= 0.6 is 0 Å². The number of pyridine rings is 2. The zero-order chi connectivity index (χ0) is 30.2. The van der Waals surface area contributed by atoms with Crippen molar-refractivity contribution in [1.29, 1.82) is 0 Å². The molecule has 218 valence electrons. The molecule has 0 fully saturated rings. The van der Waals surface area contributed by atoms with Gasteiger partial charge in [0.15, 0.2) is 11.4 Å². The van der Waals surface area contributed by atoms with Gasteiger partial charge in [-0.3, -0.25) is 19.4 Å². The average Bonchev–Trinajstić information content (AvgIpc) is 2.91. The third kappa shape index (κ3) is 8.85. The first-order valence-electron chi connectivity index (χ1n) is 12.9. The highest BCUT2D eigenvalue weighted by molar-refractivity contribution is 6.10. The van der Waals surface area contributed by atoms with E-state index in [1.54, 1.807) is 20.8 Å². The molecule has 0 bridgehead atoms. The number of amides is 4. The van der Waals surface area contributed by atoms with Crippen LogP contribution in [0.5, 0.6) is 5.75 Å². The van der Waals surface area contributed by atoms with Gasteiger partial charge in [0, 0.05) is 24.7 Å². The van der Waals surface area contributed by atoms with Gasteiger partial charge in [0.1, 0.15) is 28.7 Å². The van der Waals surface area contributed by atoms with Crippen molar-refractivity contribution in [2.45, 2.75) is 58.2 Å². The van der Waals surface area contributed by atoms with E-state index in [1.165, 1.54) is 42.6 Å². The molecule has 3 aromatic rings. The molecule has 0 spiro atoms. The number of halogens is 1. The van der Waals surface area contributed by atoms with Crippen molar-refractivity contribution in [1.82, 2.24) is 25.9 Å². The Morgan fingerprint density at radius 1 is 1.02 bits per heavy atom. The van der Waals surface area contributed by atoms with E-state index in [-0.39, 0.29) is 29.6 Å². The minimum absolute atomic E-state index is 0.00848. The minimum atomic E-state index is -1.07. The van der Waals surface area contributed by atoms with Gasteiger partial charge in [-0.25, -0.2) is 14.2 Å². The zero-order valence-corrected chi connectivity index (χ0v) is 23.0. The third-order valence-electron chi connectivity index (χ3n) is 5.77. The fraction of sp³-hybridized carbons (Fsp3) is 0.357. The first-order chi connectivity index (χ1) is 19.4. The maximum Gasteiger partial charge on any atom is 0.407 e. The van der Waals surface area contributed by atoms with Crippen LogP contribution in [0, 0.1) is 5.82 Å². The van der Waals surface area contributed by atoms with Crippen LogP contribution in [-0.4, -0.2) is 57.1 Å². The second kappa shape index (κ2) is 13.5. The molecular weight excluding hydrogens is 535 g/mol. The number of fused-ring (bicyclic) bond motifs is 1. The number of carbonyl (C=O) groups is 4. The average molecular weight is 569 g/mol. The monoisotopic (exact) mass is 568 g/mol. The summed E-state index contributed by atoms with van der Waals surface area (Å²) in [6, 6.07) is 7.41. The Balaban J connectivity index is 1.71. The van der Waals surface area contributed by atoms with Gasteiger partial charge in [0.25, 0.3) is 11.8 Å². The van der Waals surface area contributed by atoms with Crippen molar-refractivity contribution < 1.29 is 33.4 Å². The number of nitrogens with zero attached hydrogens (tertiary/aromatic N) is 2. The number of alkyl carbamates (subject to hydrolysis) is 1. The number of nitrogens with one attached hydrogen (secondary N) is 3. The highest BCUT2D eigenvalue weighted by atomic mass is 19.1. The summed E-state index contributed by atoms with van der Waals surface area (Å²) in [5.41, 5.74) is 4.75. The van der Waals surface area contributed by atoms with Crippen LogP contribution < -0.4 is 21.7 Å². The summed E-state index contributed by atoms with van der Waals surface area (Å²) in [6.45, 7) is 5.55. The summed E-state index contributed by atoms with van der Waals surface area (Å²) in [6.07, 6.45) is 1.92. The molecule has 2 aromatic heterocycles. The van der Waals surface area contributed by atoms with Gasteiger partial charge in [-0.1, -0.05) is 12.1 Å². The first kappa shape index (κ1) is 30.7. The smallest absolute Gasteiger partial charge is 0.407 e. The molecule has 3 rings (SSSR count). The van der Waals surface area contributed by atoms with Crippen LogP contribution in [0.25, 0.3) is 10.9 Å². The number of hydrogen-bond acceptors (Lipinski definition) is 8. The summed E-state index contributed by atoms with van der Waals surface area (Å²) in [5, 5.41) is 18.6. The Labute approximate surface area is 235 Å². The van der Waals surface area contributed by atoms with Crippen molar-refractivity contribution in [2.75, 3.05) is 6.54 Å². The second-order valence-electron chi connectivity index (χ2n) is 10.2. The number of ether oxygens (including phenoxy) is 1. The van der Waals surface area contributed by atoms with Crippen LogP contribution in [0.2, 0.25) is 0 Å². The van der Waals surface area contributed by atoms with Crippen LogP contribution in [0.1, 0.15) is 66.6 Å². The quantitative estimate of drug-likeness (QED) is 0.218. The molecule has 0 aliphatic rings. The number of aromatic hydroxyl groups is 1. The summed E-state index contributed by atoms with van der Waals surface area (Å²) < 4.78 is 18.3. The molecule has 41 heavy (non-hydrogen) atoms. The van der Waals surface area contributed by atoms with Gasteiger partial charge < -0.3 is 31.5 Å². The molecule has 0 saturated heterocycles. The molecule has 0 saturated carbocycles. The number of benzene rings is 1. The third-order valence-corrected chi connectivity index (χ3v) is 5.77. The predicted molar refractivity (Wildman–Crippen MR) is 147 cm³/mol. The molecule has 13 heteroatoms. The lowest BCUT2D eigenvalue weighted by Crippen LogP contribution is -2.45. The summed E-state index contributed by atoms with van der Waals surface area (Å²) in [5.74, 6) is -3.33. The van der Waals surface area contributed by atoms with Gasteiger partial charge in [-0.15, -0.1) is 0 Å². The number of primary amides is 1. The lowest BCUT2D eigenvalue weighted by atomic mass is 10.1. The molecule has 6 N–H and O–H groups in total. The van der Waals surface area contributed by atoms with Gasteiger partial charge in [-0.2, -0.15) is 0 Å².